The van der Waals surface area contributed by atoms with E-state index in [0.29, 0.717) is 19.4 Å². The fraction of sp³-hybridized carbons (Fsp3) is 0.306. The van der Waals surface area contributed by atoms with Crippen LogP contribution in [-0.2, 0) is 16.8 Å². The quantitative estimate of drug-likeness (QED) is 0.266. The molecule has 2 bridgehead atoms. The molecule has 2 unspecified atom stereocenters. The highest BCUT2D eigenvalue weighted by molar-refractivity contribution is 5.79. The van der Waals surface area contributed by atoms with Gasteiger partial charge in [-0.2, -0.15) is 0 Å². The van der Waals surface area contributed by atoms with Gasteiger partial charge in [0.2, 0.25) is 0 Å². The lowest BCUT2D eigenvalue weighted by atomic mass is 9.72. The number of aliphatic hydroxyl groups is 1. The largest absolute Gasteiger partial charge is 0.448 e. The zero-order valence-corrected chi connectivity index (χ0v) is 22.6. The number of carbonyl (C=O) groups is 1. The van der Waals surface area contributed by atoms with Gasteiger partial charge in [0.1, 0.15) is 6.61 Å². The van der Waals surface area contributed by atoms with Gasteiger partial charge >= 0.3 is 6.09 Å². The van der Waals surface area contributed by atoms with Crippen molar-refractivity contribution < 1.29 is 14.6 Å². The van der Waals surface area contributed by atoms with Crippen molar-refractivity contribution in [1.82, 2.24) is 4.90 Å². The Bertz CT molecular complexity index is 1580. The molecular weight excluding hydrogens is 494 g/mol. The number of rotatable bonds is 3. The maximum absolute atomic E-state index is 13.6. The number of piperidine rings is 2. The Kier molecular flexibility index (Phi) is 5.43. The molecule has 4 heteroatoms. The van der Waals surface area contributed by atoms with Gasteiger partial charge in [-0.3, -0.25) is 0 Å². The highest BCUT2D eigenvalue weighted by atomic mass is 16.6. The molecule has 2 atom stereocenters. The molecule has 4 aliphatic rings. The van der Waals surface area contributed by atoms with Gasteiger partial charge in [0, 0.05) is 30.8 Å². The third-order valence-electron chi connectivity index (χ3n) is 9.89. The van der Waals surface area contributed by atoms with Gasteiger partial charge in [-0.15, -0.1) is 0 Å². The van der Waals surface area contributed by atoms with Gasteiger partial charge in [0.05, 0.1) is 5.60 Å². The zero-order chi connectivity index (χ0) is 26.8. The fourth-order valence-corrected chi connectivity index (χ4v) is 8.07. The van der Waals surface area contributed by atoms with Crippen LogP contribution >= 0.6 is 0 Å². The van der Waals surface area contributed by atoms with Crippen LogP contribution in [0.4, 0.5) is 4.79 Å². The third kappa shape index (κ3) is 3.66. The monoisotopic (exact) mass is 527 g/mol. The second-order valence-electron chi connectivity index (χ2n) is 12.1. The summed E-state index contributed by atoms with van der Waals surface area (Å²) in [4.78, 5) is 15.6. The highest BCUT2D eigenvalue weighted by Crippen LogP contribution is 2.48. The zero-order valence-electron chi connectivity index (χ0n) is 22.6. The molecule has 2 aliphatic heterocycles. The van der Waals surface area contributed by atoms with E-state index in [9.17, 15) is 9.90 Å². The summed E-state index contributed by atoms with van der Waals surface area (Å²) in [5.74, 6) is 0.0495. The van der Waals surface area contributed by atoms with Crippen LogP contribution in [0.5, 0.6) is 0 Å². The Morgan fingerprint density at radius 3 is 2.08 bits per heavy atom. The second kappa shape index (κ2) is 9.07. The van der Waals surface area contributed by atoms with Crippen molar-refractivity contribution in [2.24, 2.45) is 0 Å². The summed E-state index contributed by atoms with van der Waals surface area (Å²) < 4.78 is 6.09. The lowest BCUT2D eigenvalue weighted by Crippen LogP contribution is -2.59. The molecule has 0 radical (unpaired) electrons. The van der Waals surface area contributed by atoms with Gasteiger partial charge < -0.3 is 14.7 Å². The lowest BCUT2D eigenvalue weighted by Gasteiger charge is -2.51. The summed E-state index contributed by atoms with van der Waals surface area (Å²) in [5.41, 5.74) is 10.2. The fourth-order valence-electron chi connectivity index (χ4n) is 8.07. The average Bonchev–Trinajstić information content (AvgIpc) is 3.51. The molecule has 2 aliphatic carbocycles. The van der Waals surface area contributed by atoms with Crippen molar-refractivity contribution in [2.75, 3.05) is 6.61 Å². The minimum Gasteiger partial charge on any atom is -0.448 e. The van der Waals surface area contributed by atoms with Gasteiger partial charge in [-0.1, -0.05) is 91.0 Å². The Balaban J connectivity index is 1.01. The number of ether oxygens (including phenoxy) is 1. The lowest BCUT2D eigenvalue weighted by molar-refractivity contribution is -0.0891. The Morgan fingerprint density at radius 1 is 0.775 bits per heavy atom. The summed E-state index contributed by atoms with van der Waals surface area (Å²) in [7, 11) is 0. The molecule has 1 amide bonds. The summed E-state index contributed by atoms with van der Waals surface area (Å²) >= 11 is 0. The predicted octanol–water partition coefficient (Wildman–Crippen LogP) is 7.41. The maximum Gasteiger partial charge on any atom is 0.410 e. The van der Waals surface area contributed by atoms with E-state index in [1.54, 1.807) is 0 Å². The molecule has 4 aromatic rings. The molecule has 0 spiro atoms. The number of amides is 1. The van der Waals surface area contributed by atoms with Crippen LogP contribution in [0.2, 0.25) is 0 Å². The van der Waals surface area contributed by atoms with Crippen LogP contribution in [-0.4, -0.2) is 34.8 Å². The molecule has 4 nitrogen and oxygen atoms in total. The SMILES string of the molecule is O=C(OCC1c2ccccc2-c2ccccc21)N1C2CCCC1CC(O)(c1ccc3c(c1)Cc1ccccc1-3)C2. The number of carbonyl (C=O) groups excluding carboxylic acids is 1. The second-order valence-corrected chi connectivity index (χ2v) is 12.1. The Labute approximate surface area is 235 Å². The standard InChI is InChI=1S/C36H33NO3/c38-35(40-22-34-32-14-5-3-12-30(32)31-13-4-6-15-33(31)34)37-26-9-7-10-27(37)21-36(39,20-26)25-16-17-29-24(19-25)18-23-8-1-2-11-28(23)29/h1-6,8,11-17,19,26-27,34,39H,7,9-10,18,20-22H2. The minimum absolute atomic E-state index is 0.0152. The van der Waals surface area contributed by atoms with Gasteiger partial charge in [0.15, 0.2) is 0 Å². The molecule has 2 fully saturated rings. The van der Waals surface area contributed by atoms with E-state index < -0.39 is 5.60 Å². The van der Waals surface area contributed by atoms with Crippen LogP contribution in [0.25, 0.3) is 22.3 Å². The van der Waals surface area contributed by atoms with Gasteiger partial charge in [0.25, 0.3) is 0 Å². The van der Waals surface area contributed by atoms with E-state index in [4.69, 9.17) is 4.74 Å². The molecule has 200 valence electrons. The number of fused-ring (bicyclic) bond motifs is 8. The number of benzene rings is 4. The van der Waals surface area contributed by atoms with Crippen molar-refractivity contribution in [3.05, 3.63) is 119 Å². The van der Waals surface area contributed by atoms with Crippen LogP contribution in [0.15, 0.2) is 91.0 Å². The Hall–Kier alpha value is -3.89. The first-order valence-electron chi connectivity index (χ1n) is 14.7. The van der Waals surface area contributed by atoms with Crippen LogP contribution in [0.1, 0.15) is 65.8 Å². The van der Waals surface area contributed by atoms with E-state index in [1.165, 1.54) is 44.5 Å². The summed E-state index contributed by atoms with van der Waals surface area (Å²) in [6.07, 6.45) is 4.67. The van der Waals surface area contributed by atoms with Crippen LogP contribution in [0.3, 0.4) is 0 Å². The molecule has 0 saturated carbocycles. The van der Waals surface area contributed by atoms with Crippen molar-refractivity contribution in [1.29, 1.82) is 0 Å². The molecule has 0 aromatic heterocycles. The summed E-state index contributed by atoms with van der Waals surface area (Å²) in [6.45, 7) is 0.332. The predicted molar refractivity (Wildman–Crippen MR) is 156 cm³/mol. The van der Waals surface area contributed by atoms with E-state index in [0.717, 1.165) is 31.2 Å². The van der Waals surface area contributed by atoms with Crippen molar-refractivity contribution in [3.63, 3.8) is 0 Å². The maximum atomic E-state index is 13.6. The normalized spacial score (nSPS) is 24.2. The number of nitrogens with zero attached hydrogens (tertiary/aromatic N) is 1. The van der Waals surface area contributed by atoms with Gasteiger partial charge in [-0.05, 0) is 75.8 Å². The molecule has 40 heavy (non-hydrogen) atoms. The van der Waals surface area contributed by atoms with Crippen LogP contribution in [0, 0.1) is 0 Å². The average molecular weight is 528 g/mol. The first-order valence-corrected chi connectivity index (χ1v) is 14.7. The summed E-state index contributed by atoms with van der Waals surface area (Å²) in [5, 5.41) is 12.0. The Morgan fingerprint density at radius 2 is 1.38 bits per heavy atom. The van der Waals surface area contributed by atoms with E-state index in [2.05, 4.69) is 91.0 Å². The van der Waals surface area contributed by atoms with E-state index >= 15 is 0 Å². The third-order valence-corrected chi connectivity index (χ3v) is 9.89. The molecular formula is C36H33NO3. The molecule has 4 aromatic carbocycles. The van der Waals surface area contributed by atoms with E-state index in [-0.39, 0.29) is 24.1 Å². The van der Waals surface area contributed by atoms with Crippen molar-refractivity contribution in [3.8, 4) is 22.3 Å². The first-order chi connectivity index (χ1) is 19.6. The molecule has 2 heterocycles. The number of hydrogen-bond acceptors (Lipinski definition) is 3. The van der Waals surface area contributed by atoms with Gasteiger partial charge in [-0.25, -0.2) is 4.79 Å². The molecule has 1 N–H and O–H groups in total. The van der Waals surface area contributed by atoms with Crippen molar-refractivity contribution >= 4 is 6.09 Å². The van der Waals surface area contributed by atoms with E-state index in [1.807, 2.05) is 4.90 Å². The molecule has 2 saturated heterocycles. The minimum atomic E-state index is -0.931. The number of hydrogen-bond donors (Lipinski definition) is 1. The molecule has 8 rings (SSSR count). The summed E-state index contributed by atoms with van der Waals surface area (Å²) in [6, 6.07) is 31.9. The topological polar surface area (TPSA) is 49.8 Å². The van der Waals surface area contributed by atoms with Crippen LogP contribution < -0.4 is 0 Å². The highest BCUT2D eigenvalue weighted by Gasteiger charge is 2.49. The smallest absolute Gasteiger partial charge is 0.410 e. The first kappa shape index (κ1) is 24.0. The van der Waals surface area contributed by atoms with Crippen molar-refractivity contribution in [2.45, 2.75) is 62.1 Å².